The standard InChI is InChI=1S/C15H10Br2F2N2O2S/c1-23-12-3-2-7(16)4-9(12)14(22)21-15(24)20-13-10(17)5-8(18)6-11(13)19/h2-6H,1H3,(H2,20,21,22,24). The molecule has 0 aliphatic heterocycles. The summed E-state index contributed by atoms with van der Waals surface area (Å²) in [7, 11) is 1.43. The molecule has 2 aromatic carbocycles. The molecule has 2 N–H and O–H groups in total. The fourth-order valence-electron chi connectivity index (χ4n) is 1.83. The molecule has 0 aromatic heterocycles. The molecule has 0 heterocycles. The SMILES string of the molecule is COc1ccc(Br)cc1C(=O)NC(=S)Nc1c(F)cc(F)cc1Br. The summed E-state index contributed by atoms with van der Waals surface area (Å²) in [6.07, 6.45) is 0. The molecule has 0 fully saturated rings. The number of halogens is 4. The van der Waals surface area contributed by atoms with E-state index in [1.165, 1.54) is 7.11 Å². The van der Waals surface area contributed by atoms with Crippen LogP contribution in [0.5, 0.6) is 5.75 Å². The normalized spacial score (nSPS) is 10.2. The Morgan fingerprint density at radius 3 is 2.54 bits per heavy atom. The first-order valence-electron chi connectivity index (χ1n) is 6.42. The number of carbonyl (C=O) groups is 1. The molecule has 0 bridgehead atoms. The number of anilines is 1. The highest BCUT2D eigenvalue weighted by atomic mass is 79.9. The predicted molar refractivity (Wildman–Crippen MR) is 98.4 cm³/mol. The van der Waals surface area contributed by atoms with Crippen LogP contribution in [0.15, 0.2) is 39.3 Å². The number of rotatable bonds is 3. The molecule has 0 saturated carbocycles. The van der Waals surface area contributed by atoms with E-state index in [0.29, 0.717) is 16.3 Å². The van der Waals surface area contributed by atoms with E-state index in [1.807, 2.05) is 0 Å². The van der Waals surface area contributed by atoms with E-state index in [4.69, 9.17) is 17.0 Å². The second-order valence-electron chi connectivity index (χ2n) is 4.50. The summed E-state index contributed by atoms with van der Waals surface area (Å²) >= 11 is 11.3. The average Bonchev–Trinajstić information content (AvgIpc) is 2.50. The Labute approximate surface area is 158 Å². The van der Waals surface area contributed by atoms with Gasteiger partial charge in [0.25, 0.3) is 5.91 Å². The highest BCUT2D eigenvalue weighted by Gasteiger charge is 2.16. The minimum Gasteiger partial charge on any atom is -0.496 e. The molecule has 0 atom stereocenters. The number of carbonyl (C=O) groups excluding carboxylic acids is 1. The van der Waals surface area contributed by atoms with Crippen molar-refractivity contribution in [3.63, 3.8) is 0 Å². The molecule has 24 heavy (non-hydrogen) atoms. The molecule has 2 rings (SSSR count). The summed E-state index contributed by atoms with van der Waals surface area (Å²) in [5.74, 6) is -1.77. The zero-order valence-electron chi connectivity index (χ0n) is 12.1. The lowest BCUT2D eigenvalue weighted by molar-refractivity contribution is 0.0974. The fraction of sp³-hybridized carbons (Fsp3) is 0.0667. The van der Waals surface area contributed by atoms with E-state index < -0.39 is 17.5 Å². The zero-order valence-corrected chi connectivity index (χ0v) is 16.1. The molecule has 0 unspecified atom stereocenters. The molecule has 4 nitrogen and oxygen atoms in total. The Morgan fingerprint density at radius 1 is 1.21 bits per heavy atom. The third-order valence-electron chi connectivity index (χ3n) is 2.88. The molecule has 0 aliphatic rings. The van der Waals surface area contributed by atoms with Gasteiger partial charge < -0.3 is 10.1 Å². The minimum atomic E-state index is -0.849. The molecule has 0 spiro atoms. The summed E-state index contributed by atoms with van der Waals surface area (Å²) in [5, 5.41) is 4.79. The monoisotopic (exact) mass is 478 g/mol. The number of thiocarbonyl (C=S) groups is 1. The van der Waals surface area contributed by atoms with Crippen LogP contribution in [0, 0.1) is 11.6 Å². The van der Waals surface area contributed by atoms with E-state index in [2.05, 4.69) is 42.5 Å². The third-order valence-corrected chi connectivity index (χ3v) is 4.20. The molecule has 126 valence electrons. The lowest BCUT2D eigenvalue weighted by atomic mass is 10.2. The number of amides is 1. The molecule has 9 heteroatoms. The maximum absolute atomic E-state index is 13.8. The van der Waals surface area contributed by atoms with Crippen molar-refractivity contribution in [2.45, 2.75) is 0 Å². The zero-order chi connectivity index (χ0) is 17.9. The Hall–Kier alpha value is -1.58. The molecule has 0 saturated heterocycles. The number of hydrogen-bond acceptors (Lipinski definition) is 3. The van der Waals surface area contributed by atoms with E-state index in [9.17, 15) is 13.6 Å². The highest BCUT2D eigenvalue weighted by molar-refractivity contribution is 9.10. The molecule has 0 radical (unpaired) electrons. The quantitative estimate of drug-likeness (QED) is 0.630. The third kappa shape index (κ3) is 4.49. The van der Waals surface area contributed by atoms with Gasteiger partial charge in [-0.15, -0.1) is 0 Å². The van der Waals surface area contributed by atoms with Crippen molar-refractivity contribution < 1.29 is 18.3 Å². The van der Waals surface area contributed by atoms with Gasteiger partial charge in [-0.2, -0.15) is 0 Å². The van der Waals surface area contributed by atoms with Crippen LogP contribution in [0.2, 0.25) is 0 Å². The first-order chi connectivity index (χ1) is 11.3. The Bertz CT molecular complexity index is 795. The first kappa shape index (κ1) is 18.8. The van der Waals surface area contributed by atoms with E-state index in [1.54, 1.807) is 18.2 Å². The summed E-state index contributed by atoms with van der Waals surface area (Å²) in [6, 6.07) is 6.68. The van der Waals surface area contributed by atoms with Gasteiger partial charge >= 0.3 is 0 Å². The van der Waals surface area contributed by atoms with Gasteiger partial charge in [0.2, 0.25) is 0 Å². The van der Waals surface area contributed by atoms with Crippen molar-refractivity contribution >= 4 is 60.8 Å². The highest BCUT2D eigenvalue weighted by Crippen LogP contribution is 2.27. The van der Waals surface area contributed by atoms with Gasteiger partial charge in [0, 0.05) is 15.0 Å². The van der Waals surface area contributed by atoms with Crippen LogP contribution in [0.4, 0.5) is 14.5 Å². The predicted octanol–water partition coefficient (Wildman–Crippen LogP) is 4.63. The van der Waals surface area contributed by atoms with Crippen LogP contribution in [0.1, 0.15) is 10.4 Å². The van der Waals surface area contributed by atoms with Crippen molar-refractivity contribution in [2.24, 2.45) is 0 Å². The minimum absolute atomic E-state index is 0.0806. The van der Waals surface area contributed by atoms with E-state index in [0.717, 1.165) is 6.07 Å². The molecule has 2 aromatic rings. The van der Waals surface area contributed by atoms with Crippen molar-refractivity contribution in [2.75, 3.05) is 12.4 Å². The van der Waals surface area contributed by atoms with Gasteiger partial charge in [0.15, 0.2) is 10.9 Å². The van der Waals surface area contributed by atoms with Gasteiger partial charge in [-0.05, 0) is 52.4 Å². The number of hydrogen-bond donors (Lipinski definition) is 2. The first-order valence-corrected chi connectivity index (χ1v) is 8.41. The van der Waals surface area contributed by atoms with Gasteiger partial charge in [0.05, 0.1) is 18.4 Å². The maximum atomic E-state index is 13.8. The van der Waals surface area contributed by atoms with Gasteiger partial charge in [-0.1, -0.05) is 15.9 Å². The lowest BCUT2D eigenvalue weighted by Gasteiger charge is -2.13. The van der Waals surface area contributed by atoms with Crippen LogP contribution in [-0.2, 0) is 0 Å². The number of nitrogens with one attached hydrogen (secondary N) is 2. The van der Waals surface area contributed by atoms with E-state index >= 15 is 0 Å². The Balaban J connectivity index is 2.16. The summed E-state index contributed by atoms with van der Waals surface area (Å²) in [4.78, 5) is 12.3. The molecular weight excluding hydrogens is 470 g/mol. The van der Waals surface area contributed by atoms with Crippen LogP contribution >= 0.6 is 44.1 Å². The Kier molecular flexibility index (Phi) is 6.25. The number of ether oxygens (including phenoxy) is 1. The van der Waals surface area contributed by atoms with Crippen molar-refractivity contribution in [1.29, 1.82) is 0 Å². The van der Waals surface area contributed by atoms with Gasteiger partial charge in [-0.25, -0.2) is 8.78 Å². The van der Waals surface area contributed by atoms with Crippen LogP contribution in [0.3, 0.4) is 0 Å². The molecule has 0 aliphatic carbocycles. The molecule has 1 amide bonds. The van der Waals surface area contributed by atoms with Crippen LogP contribution in [-0.4, -0.2) is 18.1 Å². The second-order valence-corrected chi connectivity index (χ2v) is 6.68. The summed E-state index contributed by atoms with van der Waals surface area (Å²) in [5.41, 5.74) is 0.164. The smallest absolute Gasteiger partial charge is 0.261 e. The second kappa shape index (κ2) is 8.00. The van der Waals surface area contributed by atoms with Crippen molar-refractivity contribution in [1.82, 2.24) is 5.32 Å². The van der Waals surface area contributed by atoms with E-state index in [-0.39, 0.29) is 20.8 Å². The largest absolute Gasteiger partial charge is 0.496 e. The average molecular weight is 480 g/mol. The maximum Gasteiger partial charge on any atom is 0.261 e. The summed E-state index contributed by atoms with van der Waals surface area (Å²) in [6.45, 7) is 0. The van der Waals surface area contributed by atoms with Crippen molar-refractivity contribution in [3.05, 3.63) is 56.5 Å². The van der Waals surface area contributed by atoms with Crippen LogP contribution in [0.25, 0.3) is 0 Å². The van der Waals surface area contributed by atoms with Gasteiger partial charge in [0.1, 0.15) is 11.6 Å². The lowest BCUT2D eigenvalue weighted by Crippen LogP contribution is -2.34. The fourth-order valence-corrected chi connectivity index (χ4v) is 2.90. The summed E-state index contributed by atoms with van der Waals surface area (Å²) < 4.78 is 32.8. The van der Waals surface area contributed by atoms with Gasteiger partial charge in [-0.3, -0.25) is 10.1 Å². The molecular formula is C15H10Br2F2N2O2S. The topological polar surface area (TPSA) is 50.4 Å². The van der Waals surface area contributed by atoms with Crippen LogP contribution < -0.4 is 15.4 Å². The Morgan fingerprint density at radius 2 is 1.92 bits per heavy atom. The van der Waals surface area contributed by atoms with Crippen molar-refractivity contribution in [3.8, 4) is 5.75 Å². The number of methoxy groups -OCH3 is 1. The number of benzene rings is 2.